The lowest BCUT2D eigenvalue weighted by Gasteiger charge is -2.03. The van der Waals surface area contributed by atoms with Crippen molar-refractivity contribution in [3.05, 3.63) is 59.7 Å². The van der Waals surface area contributed by atoms with Crippen molar-refractivity contribution in [2.45, 2.75) is 13.1 Å². The summed E-state index contributed by atoms with van der Waals surface area (Å²) in [7, 11) is 2.00. The lowest BCUT2D eigenvalue weighted by atomic mass is 10.2. The third kappa shape index (κ3) is 2.94. The van der Waals surface area contributed by atoms with Crippen LogP contribution in [0.3, 0.4) is 0 Å². The van der Waals surface area contributed by atoms with E-state index in [0.29, 0.717) is 0 Å². The molecule has 2 nitrogen and oxygen atoms in total. The van der Waals surface area contributed by atoms with Gasteiger partial charge in [-0.25, -0.2) is 4.39 Å². The minimum Gasteiger partial charge on any atom is -0.357 e. The van der Waals surface area contributed by atoms with Gasteiger partial charge in [0, 0.05) is 32.5 Å². The van der Waals surface area contributed by atoms with E-state index in [1.165, 1.54) is 17.7 Å². The second-order valence-electron chi connectivity index (χ2n) is 3.92. The van der Waals surface area contributed by atoms with Crippen molar-refractivity contribution in [2.75, 3.05) is 0 Å². The fourth-order valence-electron chi connectivity index (χ4n) is 1.62. The molecule has 0 aliphatic heterocycles. The van der Waals surface area contributed by atoms with Gasteiger partial charge in [0.05, 0.1) is 0 Å². The van der Waals surface area contributed by atoms with Crippen LogP contribution in [-0.2, 0) is 20.1 Å². The van der Waals surface area contributed by atoms with Crippen molar-refractivity contribution in [1.82, 2.24) is 9.88 Å². The lowest BCUT2D eigenvalue weighted by Crippen LogP contribution is -2.12. The Labute approximate surface area is 94.7 Å². The number of nitrogens with one attached hydrogen (secondary N) is 1. The average Bonchev–Trinajstić information content (AvgIpc) is 2.67. The lowest BCUT2D eigenvalue weighted by molar-refractivity contribution is 0.625. The highest BCUT2D eigenvalue weighted by Gasteiger charge is 1.96. The summed E-state index contributed by atoms with van der Waals surface area (Å²) in [4.78, 5) is 0. The molecule has 0 bridgehead atoms. The topological polar surface area (TPSA) is 17.0 Å². The number of nitrogens with zero attached hydrogens (tertiary/aromatic N) is 1. The van der Waals surface area contributed by atoms with Crippen molar-refractivity contribution < 1.29 is 4.39 Å². The molecule has 0 radical (unpaired) electrons. The Balaban J connectivity index is 1.82. The predicted octanol–water partition coefficient (Wildman–Crippen LogP) is 2.45. The zero-order valence-electron chi connectivity index (χ0n) is 9.28. The van der Waals surface area contributed by atoms with Crippen LogP contribution in [0, 0.1) is 5.82 Å². The Morgan fingerprint density at radius 2 is 1.75 bits per heavy atom. The summed E-state index contributed by atoms with van der Waals surface area (Å²) in [6, 6.07) is 8.65. The normalized spacial score (nSPS) is 10.6. The second-order valence-corrected chi connectivity index (χ2v) is 3.92. The summed E-state index contributed by atoms with van der Waals surface area (Å²) < 4.78 is 14.7. The quantitative estimate of drug-likeness (QED) is 0.834. The first-order valence-electron chi connectivity index (χ1n) is 5.30. The van der Waals surface area contributed by atoms with Gasteiger partial charge in [-0.1, -0.05) is 12.1 Å². The molecule has 84 valence electrons. The number of hydrogen-bond donors (Lipinski definition) is 1. The van der Waals surface area contributed by atoms with Gasteiger partial charge in [-0.3, -0.25) is 0 Å². The summed E-state index contributed by atoms with van der Waals surface area (Å²) in [5, 5.41) is 3.31. The molecule has 0 spiro atoms. The number of rotatable bonds is 4. The summed E-state index contributed by atoms with van der Waals surface area (Å²) in [5.74, 6) is -0.188. The first-order chi connectivity index (χ1) is 7.74. The molecule has 2 aromatic rings. The molecule has 1 heterocycles. The monoisotopic (exact) mass is 218 g/mol. The van der Waals surface area contributed by atoms with Crippen LogP contribution in [0.2, 0.25) is 0 Å². The van der Waals surface area contributed by atoms with Crippen molar-refractivity contribution >= 4 is 0 Å². The molecule has 3 heteroatoms. The number of hydrogen-bond acceptors (Lipinski definition) is 1. The van der Waals surface area contributed by atoms with Crippen LogP contribution >= 0.6 is 0 Å². The third-order valence-electron chi connectivity index (χ3n) is 2.46. The summed E-state index contributed by atoms with van der Waals surface area (Å²) in [5.41, 5.74) is 2.35. The first kappa shape index (κ1) is 10.9. The van der Waals surface area contributed by atoms with Crippen LogP contribution in [0.25, 0.3) is 0 Å². The van der Waals surface area contributed by atoms with Gasteiger partial charge in [0.1, 0.15) is 5.82 Å². The molecule has 0 saturated carbocycles. The Bertz CT molecular complexity index is 445. The summed E-state index contributed by atoms with van der Waals surface area (Å²) in [6.45, 7) is 1.59. The van der Waals surface area contributed by atoms with Crippen LogP contribution in [0.15, 0.2) is 42.7 Å². The highest BCUT2D eigenvalue weighted by atomic mass is 19.1. The van der Waals surface area contributed by atoms with Crippen LogP contribution in [-0.4, -0.2) is 4.57 Å². The molecule has 1 N–H and O–H groups in total. The van der Waals surface area contributed by atoms with E-state index in [1.807, 2.05) is 17.8 Å². The van der Waals surface area contributed by atoms with E-state index in [2.05, 4.69) is 17.6 Å². The molecular weight excluding hydrogens is 203 g/mol. The smallest absolute Gasteiger partial charge is 0.123 e. The Hall–Kier alpha value is -1.61. The van der Waals surface area contributed by atoms with Crippen LogP contribution in [0.4, 0.5) is 4.39 Å². The van der Waals surface area contributed by atoms with Crippen molar-refractivity contribution in [3.63, 3.8) is 0 Å². The van der Waals surface area contributed by atoms with Crippen LogP contribution in [0.5, 0.6) is 0 Å². The average molecular weight is 218 g/mol. The molecule has 0 saturated heterocycles. The van der Waals surface area contributed by atoms with Crippen LogP contribution < -0.4 is 5.32 Å². The van der Waals surface area contributed by atoms with Gasteiger partial charge in [-0.2, -0.15) is 0 Å². The van der Waals surface area contributed by atoms with E-state index in [1.54, 1.807) is 12.1 Å². The van der Waals surface area contributed by atoms with Gasteiger partial charge in [0.2, 0.25) is 0 Å². The Kier molecular flexibility index (Phi) is 3.37. The SMILES string of the molecule is Cn1ccc(CNCc2ccc(F)cc2)c1. The highest BCUT2D eigenvalue weighted by Crippen LogP contribution is 2.03. The standard InChI is InChI=1S/C13H15FN2/c1-16-7-6-12(10-16)9-15-8-11-2-4-13(14)5-3-11/h2-7,10,15H,8-9H2,1H3. The predicted molar refractivity (Wildman–Crippen MR) is 62.4 cm³/mol. The molecule has 1 aromatic carbocycles. The zero-order valence-corrected chi connectivity index (χ0v) is 9.28. The molecule has 2 rings (SSSR count). The molecule has 0 aliphatic carbocycles. The number of halogens is 1. The zero-order chi connectivity index (χ0) is 11.4. The number of benzene rings is 1. The third-order valence-corrected chi connectivity index (χ3v) is 2.46. The van der Waals surface area contributed by atoms with Crippen molar-refractivity contribution in [1.29, 1.82) is 0 Å². The molecule has 0 fully saturated rings. The molecule has 0 unspecified atom stereocenters. The molecule has 1 aromatic heterocycles. The maximum atomic E-state index is 12.7. The maximum Gasteiger partial charge on any atom is 0.123 e. The van der Waals surface area contributed by atoms with Gasteiger partial charge in [-0.15, -0.1) is 0 Å². The fourth-order valence-corrected chi connectivity index (χ4v) is 1.62. The van der Waals surface area contributed by atoms with E-state index < -0.39 is 0 Å². The van der Waals surface area contributed by atoms with Crippen molar-refractivity contribution in [2.24, 2.45) is 7.05 Å². The molecule has 0 amide bonds. The maximum absolute atomic E-state index is 12.7. The summed E-state index contributed by atoms with van der Waals surface area (Å²) in [6.07, 6.45) is 4.10. The van der Waals surface area contributed by atoms with Gasteiger partial charge in [0.15, 0.2) is 0 Å². The van der Waals surface area contributed by atoms with Gasteiger partial charge >= 0.3 is 0 Å². The Morgan fingerprint density at radius 3 is 2.38 bits per heavy atom. The van der Waals surface area contributed by atoms with Gasteiger partial charge in [0.25, 0.3) is 0 Å². The van der Waals surface area contributed by atoms with E-state index >= 15 is 0 Å². The van der Waals surface area contributed by atoms with E-state index in [9.17, 15) is 4.39 Å². The van der Waals surface area contributed by atoms with E-state index in [0.717, 1.165) is 18.7 Å². The minimum atomic E-state index is -0.188. The van der Waals surface area contributed by atoms with Gasteiger partial charge in [-0.05, 0) is 29.3 Å². The fraction of sp³-hybridized carbons (Fsp3) is 0.231. The largest absolute Gasteiger partial charge is 0.357 e. The highest BCUT2D eigenvalue weighted by molar-refractivity contribution is 5.16. The first-order valence-corrected chi connectivity index (χ1v) is 5.30. The molecule has 16 heavy (non-hydrogen) atoms. The number of aryl methyl sites for hydroxylation is 1. The van der Waals surface area contributed by atoms with Crippen LogP contribution in [0.1, 0.15) is 11.1 Å². The number of aromatic nitrogens is 1. The van der Waals surface area contributed by atoms with Gasteiger partial charge < -0.3 is 9.88 Å². The van der Waals surface area contributed by atoms with Crippen molar-refractivity contribution in [3.8, 4) is 0 Å². The molecule has 0 atom stereocenters. The molecule has 0 aliphatic rings. The molecular formula is C13H15FN2. The minimum absolute atomic E-state index is 0.188. The van der Waals surface area contributed by atoms with E-state index in [4.69, 9.17) is 0 Å². The summed E-state index contributed by atoms with van der Waals surface area (Å²) >= 11 is 0. The second kappa shape index (κ2) is 4.94. The van der Waals surface area contributed by atoms with E-state index in [-0.39, 0.29) is 5.82 Å². The Morgan fingerprint density at radius 1 is 1.06 bits per heavy atom.